The molecule has 0 amide bonds. The smallest absolute Gasteiger partial charge is 0.245 e. The first-order chi connectivity index (χ1) is 9.86. The van der Waals surface area contributed by atoms with E-state index in [1.165, 1.54) is 0 Å². The second-order valence-corrected chi connectivity index (χ2v) is 5.22. The van der Waals surface area contributed by atoms with Gasteiger partial charge in [-0.15, -0.1) is 21.8 Å². The molecule has 3 rings (SSSR count). The largest absolute Gasteiger partial charge is 0.377 e. The molecule has 0 bridgehead atoms. The van der Waals surface area contributed by atoms with Crippen molar-refractivity contribution in [2.24, 2.45) is 0 Å². The highest BCUT2D eigenvalue weighted by Crippen LogP contribution is 2.19. The van der Waals surface area contributed by atoms with Crippen molar-refractivity contribution in [3.05, 3.63) is 24.3 Å². The fraction of sp³-hybridized carbons (Fsp3) is 0.500. The van der Waals surface area contributed by atoms with Crippen LogP contribution < -0.4 is 4.90 Å². The van der Waals surface area contributed by atoms with Crippen LogP contribution in [-0.4, -0.2) is 46.9 Å². The molecule has 1 aliphatic rings. The Labute approximate surface area is 122 Å². The van der Waals surface area contributed by atoms with E-state index in [9.17, 15) is 0 Å². The first kappa shape index (κ1) is 13.5. The summed E-state index contributed by atoms with van der Waals surface area (Å²) in [4.78, 5) is 6.74. The molecule has 0 N–H and O–H groups in total. The summed E-state index contributed by atoms with van der Waals surface area (Å²) in [6.45, 7) is 2.42. The fourth-order valence-electron chi connectivity index (χ4n) is 2.44. The zero-order valence-electron chi connectivity index (χ0n) is 11.2. The predicted octanol–water partition coefficient (Wildman–Crippen LogP) is 2.25. The third-order valence-corrected chi connectivity index (χ3v) is 3.66. The standard InChI is InChI=1S/C14H17ClN4O/c15-7-10-20-11-5-8-19(9-6-11)14-16-12-3-1-2-4-13(12)17-18-14/h1-4,11H,5-10H2. The number of benzene rings is 1. The van der Waals surface area contributed by atoms with E-state index in [2.05, 4.69) is 20.1 Å². The molecule has 0 spiro atoms. The monoisotopic (exact) mass is 292 g/mol. The van der Waals surface area contributed by atoms with Gasteiger partial charge in [-0.3, -0.25) is 0 Å². The third-order valence-electron chi connectivity index (χ3n) is 3.50. The van der Waals surface area contributed by atoms with Crippen LogP contribution in [0.4, 0.5) is 5.95 Å². The molecule has 2 aromatic rings. The van der Waals surface area contributed by atoms with Gasteiger partial charge < -0.3 is 9.64 Å². The summed E-state index contributed by atoms with van der Waals surface area (Å²) in [6, 6.07) is 7.79. The van der Waals surface area contributed by atoms with Crippen molar-refractivity contribution in [2.45, 2.75) is 18.9 Å². The van der Waals surface area contributed by atoms with Gasteiger partial charge in [0.1, 0.15) is 5.52 Å². The number of hydrogen-bond acceptors (Lipinski definition) is 5. The Morgan fingerprint density at radius 1 is 1.15 bits per heavy atom. The SMILES string of the molecule is ClCCOC1CCN(c2nnc3ccccc3n2)CC1. The van der Waals surface area contributed by atoms with E-state index in [-0.39, 0.29) is 0 Å². The van der Waals surface area contributed by atoms with Crippen molar-refractivity contribution in [3.63, 3.8) is 0 Å². The van der Waals surface area contributed by atoms with Gasteiger partial charge in [0, 0.05) is 19.0 Å². The highest BCUT2D eigenvalue weighted by molar-refractivity contribution is 6.17. The van der Waals surface area contributed by atoms with Gasteiger partial charge in [0.25, 0.3) is 0 Å². The van der Waals surface area contributed by atoms with E-state index >= 15 is 0 Å². The number of rotatable bonds is 4. The lowest BCUT2D eigenvalue weighted by Gasteiger charge is -2.31. The van der Waals surface area contributed by atoms with Crippen LogP contribution in [0.3, 0.4) is 0 Å². The van der Waals surface area contributed by atoms with Crippen LogP contribution in [0.1, 0.15) is 12.8 Å². The summed E-state index contributed by atoms with van der Waals surface area (Å²) in [7, 11) is 0. The molecule has 1 saturated heterocycles. The Hall–Kier alpha value is -1.46. The van der Waals surface area contributed by atoms with Crippen molar-refractivity contribution >= 4 is 28.6 Å². The van der Waals surface area contributed by atoms with Crippen LogP contribution >= 0.6 is 11.6 Å². The van der Waals surface area contributed by atoms with Crippen molar-refractivity contribution in [1.82, 2.24) is 15.2 Å². The van der Waals surface area contributed by atoms with Gasteiger partial charge in [-0.1, -0.05) is 12.1 Å². The van der Waals surface area contributed by atoms with Crippen LogP contribution in [-0.2, 0) is 4.74 Å². The van der Waals surface area contributed by atoms with Gasteiger partial charge in [-0.25, -0.2) is 4.98 Å². The summed E-state index contributed by atoms with van der Waals surface area (Å²) in [5, 5.41) is 8.44. The van der Waals surface area contributed by atoms with Crippen molar-refractivity contribution in [2.75, 3.05) is 30.5 Å². The number of fused-ring (bicyclic) bond motifs is 1. The number of halogens is 1. The second-order valence-electron chi connectivity index (χ2n) is 4.85. The zero-order chi connectivity index (χ0) is 13.8. The maximum atomic E-state index is 5.67. The van der Waals surface area contributed by atoms with E-state index in [0.717, 1.165) is 37.0 Å². The molecule has 1 aromatic carbocycles. The van der Waals surface area contributed by atoms with E-state index in [4.69, 9.17) is 16.3 Å². The van der Waals surface area contributed by atoms with Crippen LogP contribution in [0.15, 0.2) is 24.3 Å². The van der Waals surface area contributed by atoms with Gasteiger partial charge in [-0.05, 0) is 25.0 Å². The predicted molar refractivity (Wildman–Crippen MR) is 79.2 cm³/mol. The van der Waals surface area contributed by atoms with Crippen LogP contribution in [0.5, 0.6) is 0 Å². The molecule has 6 heteroatoms. The van der Waals surface area contributed by atoms with Crippen LogP contribution in [0.2, 0.25) is 0 Å². The Balaban J connectivity index is 1.67. The minimum atomic E-state index is 0.304. The second kappa shape index (κ2) is 6.33. The molecule has 1 aromatic heterocycles. The van der Waals surface area contributed by atoms with Crippen molar-refractivity contribution < 1.29 is 4.74 Å². The Kier molecular flexibility index (Phi) is 4.28. The topological polar surface area (TPSA) is 51.1 Å². The number of ether oxygens (including phenoxy) is 1. The summed E-state index contributed by atoms with van der Waals surface area (Å²) in [6.07, 6.45) is 2.26. The number of alkyl halides is 1. The fourth-order valence-corrected chi connectivity index (χ4v) is 2.53. The maximum absolute atomic E-state index is 5.67. The summed E-state index contributed by atoms with van der Waals surface area (Å²) in [5.74, 6) is 1.26. The minimum absolute atomic E-state index is 0.304. The lowest BCUT2D eigenvalue weighted by atomic mass is 10.1. The molecule has 0 aliphatic carbocycles. The summed E-state index contributed by atoms with van der Waals surface area (Å²) in [5.41, 5.74) is 1.72. The average molecular weight is 293 g/mol. The molecule has 1 aliphatic heterocycles. The number of anilines is 1. The van der Waals surface area contributed by atoms with Gasteiger partial charge in [0.15, 0.2) is 0 Å². The number of nitrogens with zero attached hydrogens (tertiary/aromatic N) is 4. The van der Waals surface area contributed by atoms with E-state index in [1.807, 2.05) is 24.3 Å². The lowest BCUT2D eigenvalue weighted by Crippen LogP contribution is -2.38. The Morgan fingerprint density at radius 3 is 2.65 bits per heavy atom. The Morgan fingerprint density at radius 2 is 1.90 bits per heavy atom. The van der Waals surface area contributed by atoms with Gasteiger partial charge in [-0.2, -0.15) is 0 Å². The average Bonchev–Trinajstić information content (AvgIpc) is 2.53. The molecule has 5 nitrogen and oxygen atoms in total. The normalized spacial score (nSPS) is 16.8. The van der Waals surface area contributed by atoms with E-state index < -0.39 is 0 Å². The van der Waals surface area contributed by atoms with Crippen LogP contribution in [0.25, 0.3) is 11.0 Å². The lowest BCUT2D eigenvalue weighted by molar-refractivity contribution is 0.0470. The van der Waals surface area contributed by atoms with Gasteiger partial charge >= 0.3 is 0 Å². The molecular weight excluding hydrogens is 276 g/mol. The Bertz CT molecular complexity index is 572. The quantitative estimate of drug-likeness (QED) is 0.809. The molecular formula is C14H17ClN4O. The summed E-state index contributed by atoms with van der Waals surface area (Å²) >= 11 is 5.64. The van der Waals surface area contributed by atoms with E-state index in [0.29, 0.717) is 24.5 Å². The highest BCUT2D eigenvalue weighted by atomic mass is 35.5. The van der Waals surface area contributed by atoms with Crippen molar-refractivity contribution in [3.8, 4) is 0 Å². The molecule has 0 unspecified atom stereocenters. The molecule has 2 heterocycles. The molecule has 106 valence electrons. The molecule has 1 fully saturated rings. The van der Waals surface area contributed by atoms with Gasteiger partial charge in [0.2, 0.25) is 5.95 Å². The first-order valence-corrected chi connectivity index (χ1v) is 7.42. The van der Waals surface area contributed by atoms with Crippen molar-refractivity contribution in [1.29, 1.82) is 0 Å². The highest BCUT2D eigenvalue weighted by Gasteiger charge is 2.21. The first-order valence-electron chi connectivity index (χ1n) is 6.89. The number of hydrogen-bond donors (Lipinski definition) is 0. The molecule has 0 atom stereocenters. The zero-order valence-corrected chi connectivity index (χ0v) is 12.0. The van der Waals surface area contributed by atoms with E-state index in [1.54, 1.807) is 0 Å². The molecule has 0 saturated carbocycles. The molecule has 0 radical (unpaired) electrons. The maximum Gasteiger partial charge on any atom is 0.245 e. The van der Waals surface area contributed by atoms with Crippen LogP contribution in [0, 0.1) is 0 Å². The number of aromatic nitrogens is 3. The van der Waals surface area contributed by atoms with Gasteiger partial charge in [0.05, 0.1) is 18.2 Å². The number of para-hydroxylation sites is 1. The third kappa shape index (κ3) is 2.99. The minimum Gasteiger partial charge on any atom is -0.377 e. The number of piperidine rings is 1. The molecule has 20 heavy (non-hydrogen) atoms. The summed E-state index contributed by atoms with van der Waals surface area (Å²) < 4.78 is 5.67.